The highest BCUT2D eigenvalue weighted by atomic mass is 16.1. The van der Waals surface area contributed by atoms with Crippen LogP contribution in [0.4, 0.5) is 0 Å². The standard InChI is InChI=1S/C14H20N2O/c1-12(17)8-6-7-11-14(16-15-2)13-9-4-3-5-10-13/h3-5,9-10,15H,6-8,11H2,1-2H3/b16-14-. The van der Waals surface area contributed by atoms with Crippen LogP contribution in [0.15, 0.2) is 35.4 Å². The molecule has 0 amide bonds. The van der Waals surface area contributed by atoms with Crippen LogP contribution in [0.25, 0.3) is 0 Å². The molecule has 0 heterocycles. The molecule has 0 aliphatic carbocycles. The van der Waals surface area contributed by atoms with Gasteiger partial charge in [-0.1, -0.05) is 30.3 Å². The Morgan fingerprint density at radius 1 is 1.18 bits per heavy atom. The minimum absolute atomic E-state index is 0.261. The van der Waals surface area contributed by atoms with E-state index < -0.39 is 0 Å². The first-order chi connectivity index (χ1) is 8.24. The second kappa shape index (κ2) is 7.60. The number of nitrogens with one attached hydrogen (secondary N) is 1. The van der Waals surface area contributed by atoms with Gasteiger partial charge in [0.2, 0.25) is 0 Å². The number of rotatable bonds is 7. The molecule has 1 N–H and O–H groups in total. The van der Waals surface area contributed by atoms with Gasteiger partial charge in [0.05, 0.1) is 5.71 Å². The molecule has 0 unspecified atom stereocenters. The van der Waals surface area contributed by atoms with Crippen molar-refractivity contribution in [3.8, 4) is 0 Å². The van der Waals surface area contributed by atoms with Gasteiger partial charge in [-0.15, -0.1) is 0 Å². The molecule has 0 aliphatic heterocycles. The fourth-order valence-corrected chi connectivity index (χ4v) is 1.70. The third-order valence-electron chi connectivity index (χ3n) is 2.55. The molecule has 92 valence electrons. The molecule has 0 radical (unpaired) electrons. The highest BCUT2D eigenvalue weighted by Gasteiger charge is 2.03. The summed E-state index contributed by atoms with van der Waals surface area (Å²) in [5.41, 5.74) is 5.03. The molecule has 0 aromatic heterocycles. The summed E-state index contributed by atoms with van der Waals surface area (Å²) >= 11 is 0. The predicted molar refractivity (Wildman–Crippen MR) is 71.2 cm³/mol. The molecule has 0 atom stereocenters. The Balaban J connectivity index is 2.51. The van der Waals surface area contributed by atoms with Crippen molar-refractivity contribution in [1.82, 2.24) is 5.43 Å². The van der Waals surface area contributed by atoms with Gasteiger partial charge < -0.3 is 10.2 Å². The molecular weight excluding hydrogens is 212 g/mol. The molecule has 0 saturated heterocycles. The van der Waals surface area contributed by atoms with Crippen molar-refractivity contribution >= 4 is 11.5 Å². The van der Waals surface area contributed by atoms with Gasteiger partial charge >= 0.3 is 0 Å². The van der Waals surface area contributed by atoms with E-state index in [1.54, 1.807) is 14.0 Å². The molecule has 0 spiro atoms. The highest BCUT2D eigenvalue weighted by molar-refractivity contribution is 6.00. The van der Waals surface area contributed by atoms with Crippen LogP contribution < -0.4 is 5.43 Å². The first-order valence-corrected chi connectivity index (χ1v) is 6.02. The molecule has 17 heavy (non-hydrogen) atoms. The van der Waals surface area contributed by atoms with Crippen LogP contribution in [-0.4, -0.2) is 18.5 Å². The maximum absolute atomic E-state index is 10.8. The van der Waals surface area contributed by atoms with Crippen molar-refractivity contribution in [2.45, 2.75) is 32.6 Å². The molecule has 3 nitrogen and oxygen atoms in total. The first-order valence-electron chi connectivity index (χ1n) is 6.02. The molecule has 0 aliphatic rings. The number of unbranched alkanes of at least 4 members (excludes halogenated alkanes) is 1. The van der Waals surface area contributed by atoms with Crippen molar-refractivity contribution in [3.05, 3.63) is 35.9 Å². The largest absolute Gasteiger partial charge is 0.313 e. The maximum atomic E-state index is 10.8. The third kappa shape index (κ3) is 5.29. The van der Waals surface area contributed by atoms with E-state index in [0.29, 0.717) is 6.42 Å². The van der Waals surface area contributed by atoms with Crippen LogP contribution in [-0.2, 0) is 4.79 Å². The highest BCUT2D eigenvalue weighted by Crippen LogP contribution is 2.09. The summed E-state index contributed by atoms with van der Waals surface area (Å²) in [7, 11) is 1.80. The molecular formula is C14H20N2O. The van der Waals surface area contributed by atoms with Crippen LogP contribution in [0.2, 0.25) is 0 Å². The summed E-state index contributed by atoms with van der Waals surface area (Å²) in [5.74, 6) is 0.261. The van der Waals surface area contributed by atoms with Crippen molar-refractivity contribution < 1.29 is 4.79 Å². The van der Waals surface area contributed by atoms with Gasteiger partial charge in [0, 0.05) is 13.5 Å². The zero-order chi connectivity index (χ0) is 12.5. The SMILES string of the molecule is CN/N=C(/CCCCC(C)=O)c1ccccc1. The molecule has 1 aromatic carbocycles. The van der Waals surface area contributed by atoms with Crippen molar-refractivity contribution in [2.24, 2.45) is 5.10 Å². The summed E-state index contributed by atoms with van der Waals surface area (Å²) in [6.45, 7) is 1.64. The van der Waals surface area contributed by atoms with Gasteiger partial charge in [-0.05, 0) is 31.7 Å². The monoisotopic (exact) mass is 232 g/mol. The Morgan fingerprint density at radius 3 is 2.41 bits per heavy atom. The normalized spacial score (nSPS) is 11.3. The van der Waals surface area contributed by atoms with Crippen LogP contribution in [0, 0.1) is 0 Å². The average molecular weight is 232 g/mol. The Morgan fingerprint density at radius 2 is 1.82 bits per heavy atom. The number of Topliss-reactive ketones (excluding diaryl/α,β-unsaturated/α-hetero) is 1. The van der Waals surface area contributed by atoms with Crippen molar-refractivity contribution in [1.29, 1.82) is 0 Å². The van der Waals surface area contributed by atoms with Gasteiger partial charge in [-0.2, -0.15) is 5.10 Å². The second-order valence-corrected chi connectivity index (χ2v) is 4.06. The van der Waals surface area contributed by atoms with E-state index >= 15 is 0 Å². The number of hydrogen-bond donors (Lipinski definition) is 1. The fraction of sp³-hybridized carbons (Fsp3) is 0.429. The van der Waals surface area contributed by atoms with Gasteiger partial charge in [-0.3, -0.25) is 0 Å². The number of benzene rings is 1. The quantitative estimate of drug-likeness (QED) is 0.446. The van der Waals surface area contributed by atoms with Gasteiger partial charge in [-0.25, -0.2) is 0 Å². The van der Waals surface area contributed by atoms with Crippen LogP contribution in [0.5, 0.6) is 0 Å². The average Bonchev–Trinajstić information content (AvgIpc) is 2.34. The third-order valence-corrected chi connectivity index (χ3v) is 2.55. The van der Waals surface area contributed by atoms with Crippen molar-refractivity contribution in [3.63, 3.8) is 0 Å². The van der Waals surface area contributed by atoms with Gasteiger partial charge in [0.25, 0.3) is 0 Å². The second-order valence-electron chi connectivity index (χ2n) is 4.06. The molecule has 0 saturated carbocycles. The first kappa shape index (κ1) is 13.4. The van der Waals surface area contributed by atoms with E-state index in [1.165, 1.54) is 0 Å². The summed E-state index contributed by atoms with van der Waals surface area (Å²) in [4.78, 5) is 10.8. The van der Waals surface area contributed by atoms with Crippen LogP contribution >= 0.6 is 0 Å². The number of nitrogens with zero attached hydrogens (tertiary/aromatic N) is 1. The Bertz CT molecular complexity index is 371. The Labute approximate surface area is 103 Å². The fourth-order valence-electron chi connectivity index (χ4n) is 1.70. The minimum atomic E-state index is 0.261. The molecule has 1 aromatic rings. The van der Waals surface area contributed by atoms with E-state index in [1.807, 2.05) is 18.2 Å². The van der Waals surface area contributed by atoms with Gasteiger partial charge in [0.15, 0.2) is 0 Å². The predicted octanol–water partition coefficient (Wildman–Crippen LogP) is 2.76. The zero-order valence-corrected chi connectivity index (χ0v) is 10.6. The van der Waals surface area contributed by atoms with E-state index in [2.05, 4.69) is 22.7 Å². The topological polar surface area (TPSA) is 41.5 Å². The smallest absolute Gasteiger partial charge is 0.129 e. The molecule has 1 rings (SSSR count). The van der Waals surface area contributed by atoms with Crippen molar-refractivity contribution in [2.75, 3.05) is 7.05 Å². The number of hydrazone groups is 1. The summed E-state index contributed by atoms with van der Waals surface area (Å²) in [6, 6.07) is 10.1. The lowest BCUT2D eigenvalue weighted by atomic mass is 10.0. The Hall–Kier alpha value is -1.64. The lowest BCUT2D eigenvalue weighted by Gasteiger charge is -2.06. The Kier molecular flexibility index (Phi) is 6.00. The number of carbonyl (C=O) groups is 1. The summed E-state index contributed by atoms with van der Waals surface area (Å²) in [6.07, 6.45) is 3.50. The number of hydrogen-bond acceptors (Lipinski definition) is 3. The van der Waals surface area contributed by atoms with Crippen LogP contribution in [0.1, 0.15) is 38.2 Å². The van der Waals surface area contributed by atoms with E-state index in [-0.39, 0.29) is 5.78 Å². The van der Waals surface area contributed by atoms with Crippen LogP contribution in [0.3, 0.4) is 0 Å². The molecule has 3 heteroatoms. The number of carbonyl (C=O) groups excluding carboxylic acids is 1. The summed E-state index contributed by atoms with van der Waals surface area (Å²) < 4.78 is 0. The lowest BCUT2D eigenvalue weighted by Crippen LogP contribution is -2.07. The van der Waals surface area contributed by atoms with Gasteiger partial charge in [0.1, 0.15) is 5.78 Å². The zero-order valence-electron chi connectivity index (χ0n) is 10.6. The molecule has 0 fully saturated rings. The van der Waals surface area contributed by atoms with E-state index in [0.717, 1.165) is 30.5 Å². The summed E-state index contributed by atoms with van der Waals surface area (Å²) in [5, 5.41) is 4.29. The maximum Gasteiger partial charge on any atom is 0.129 e. The molecule has 0 bridgehead atoms. The minimum Gasteiger partial charge on any atom is -0.313 e. The van der Waals surface area contributed by atoms with E-state index in [9.17, 15) is 4.79 Å². The van der Waals surface area contributed by atoms with E-state index in [4.69, 9.17) is 0 Å². The number of ketones is 1. The lowest BCUT2D eigenvalue weighted by molar-refractivity contribution is -0.117.